The van der Waals surface area contributed by atoms with Crippen molar-refractivity contribution in [2.24, 2.45) is 5.92 Å². The minimum atomic E-state index is -1.04. The summed E-state index contributed by atoms with van der Waals surface area (Å²) in [6, 6.07) is 7.92. The Bertz CT molecular complexity index is 2430. The average Bonchev–Trinajstić information content (AvgIpc) is 3.89. The van der Waals surface area contributed by atoms with Gasteiger partial charge in [0.15, 0.2) is 5.65 Å². The number of carbonyl (C=O) groups is 6. The molecule has 4 aromatic rings. The van der Waals surface area contributed by atoms with Crippen molar-refractivity contribution in [3.63, 3.8) is 0 Å². The molecule has 2 N–H and O–H groups in total. The zero-order chi connectivity index (χ0) is 41.8. The van der Waals surface area contributed by atoms with E-state index in [-0.39, 0.29) is 53.7 Å². The van der Waals surface area contributed by atoms with E-state index >= 15 is 0 Å². The van der Waals surface area contributed by atoms with Crippen molar-refractivity contribution in [1.82, 2.24) is 34.6 Å². The van der Waals surface area contributed by atoms with Gasteiger partial charge < -0.3 is 29.5 Å². The molecule has 0 aliphatic carbocycles. The summed E-state index contributed by atoms with van der Waals surface area (Å²) < 4.78 is 13.3. The van der Waals surface area contributed by atoms with Gasteiger partial charge in [-0.15, -0.1) is 0 Å². The fraction of sp³-hybridized carbons (Fsp3) is 0.442. The molecule has 2 aromatic carbocycles. The molecule has 0 bridgehead atoms. The smallest absolute Gasteiger partial charge is 0.266 e. The Kier molecular flexibility index (Phi) is 10.2. The summed E-state index contributed by atoms with van der Waals surface area (Å²) in [5, 5.41) is 9.46. The molecule has 312 valence electrons. The maximum atomic E-state index is 13.9. The number of imide groups is 2. The number of methoxy groups -OCH3 is 1. The first-order chi connectivity index (χ1) is 29.0. The van der Waals surface area contributed by atoms with Crippen molar-refractivity contribution in [3.05, 3.63) is 76.7 Å². The predicted octanol–water partition coefficient (Wildman–Crippen LogP) is 3.52. The van der Waals surface area contributed by atoms with Gasteiger partial charge in [-0.1, -0.05) is 0 Å². The minimum Gasteiger partial charge on any atom is -0.496 e. The summed E-state index contributed by atoms with van der Waals surface area (Å²) in [6.07, 6.45) is 8.39. The first kappa shape index (κ1) is 39.1. The van der Waals surface area contributed by atoms with Crippen LogP contribution in [0.25, 0.3) is 5.65 Å². The lowest BCUT2D eigenvalue weighted by Crippen LogP contribution is -2.54. The molecular weight excluding hydrogens is 771 g/mol. The Balaban J connectivity index is 0.800. The molecule has 0 spiro atoms. The van der Waals surface area contributed by atoms with E-state index in [1.165, 1.54) is 13.3 Å². The zero-order valence-electron chi connectivity index (χ0n) is 33.8. The molecule has 1 unspecified atom stereocenters. The summed E-state index contributed by atoms with van der Waals surface area (Å²) in [7, 11) is 1.46. The monoisotopic (exact) mass is 817 g/mol. The largest absolute Gasteiger partial charge is 0.496 e. The number of amides is 6. The summed E-state index contributed by atoms with van der Waals surface area (Å²) >= 11 is 0. The van der Waals surface area contributed by atoms with Crippen LogP contribution >= 0.6 is 0 Å². The Hall–Kier alpha value is -6.36. The first-order valence-corrected chi connectivity index (χ1v) is 20.6. The van der Waals surface area contributed by atoms with Crippen LogP contribution in [-0.2, 0) is 16.1 Å². The van der Waals surface area contributed by atoms with Gasteiger partial charge in [-0.25, -0.2) is 9.50 Å². The van der Waals surface area contributed by atoms with E-state index in [1.807, 2.05) is 24.8 Å². The van der Waals surface area contributed by atoms with Crippen molar-refractivity contribution in [2.45, 2.75) is 77.1 Å². The lowest BCUT2D eigenvalue weighted by Gasteiger charge is -2.40. The van der Waals surface area contributed by atoms with Crippen LogP contribution in [0.2, 0.25) is 0 Å². The highest BCUT2D eigenvalue weighted by atomic mass is 16.5. The summed E-state index contributed by atoms with van der Waals surface area (Å²) in [5.74, 6) is -1.40. The number of benzene rings is 2. The molecule has 3 saturated heterocycles. The molecule has 17 nitrogen and oxygen atoms in total. The quantitative estimate of drug-likeness (QED) is 0.222. The Morgan fingerprint density at radius 2 is 1.70 bits per heavy atom. The lowest BCUT2D eigenvalue weighted by atomic mass is 9.94. The second-order valence-electron chi connectivity index (χ2n) is 16.5. The van der Waals surface area contributed by atoms with Crippen molar-refractivity contribution >= 4 is 52.5 Å². The van der Waals surface area contributed by atoms with Gasteiger partial charge in [-0.05, 0) is 81.7 Å². The minimum absolute atomic E-state index is 0.0212. The van der Waals surface area contributed by atoms with Crippen LogP contribution < -0.4 is 25.0 Å². The number of nitrogens with one attached hydrogen (secondary N) is 2. The van der Waals surface area contributed by atoms with Gasteiger partial charge >= 0.3 is 0 Å². The third-order valence-electron chi connectivity index (χ3n) is 12.4. The van der Waals surface area contributed by atoms with Crippen LogP contribution in [0.5, 0.6) is 11.5 Å². The Morgan fingerprint density at radius 1 is 0.917 bits per heavy atom. The van der Waals surface area contributed by atoms with Crippen molar-refractivity contribution in [1.29, 1.82) is 0 Å². The number of carbonyl (C=O) groups excluding carboxylic acids is 6. The molecule has 5 aliphatic rings. The van der Waals surface area contributed by atoms with Crippen LogP contribution in [-0.4, -0.2) is 123 Å². The van der Waals surface area contributed by atoms with Crippen molar-refractivity contribution < 1.29 is 38.2 Å². The number of ether oxygens (including phenoxy) is 2. The second-order valence-corrected chi connectivity index (χ2v) is 16.5. The van der Waals surface area contributed by atoms with Gasteiger partial charge in [-0.2, -0.15) is 5.10 Å². The highest BCUT2D eigenvalue weighted by molar-refractivity contribution is 6.25. The SMILES string of the molecule is COc1cc(N2CCC(CN3CCC(N4Cc5cc(NC(=O)c6cnn7cccnc67)c(OC(C)C)cc5C4=O)CC3)CC2)cc2c1C(=O)N(C1CCC(=O)NC1=O)C2=O. The Morgan fingerprint density at radius 3 is 2.43 bits per heavy atom. The topological polar surface area (TPSA) is 188 Å². The fourth-order valence-electron chi connectivity index (χ4n) is 9.33. The van der Waals surface area contributed by atoms with E-state index in [0.29, 0.717) is 40.7 Å². The molecule has 2 aromatic heterocycles. The molecule has 60 heavy (non-hydrogen) atoms. The molecule has 0 saturated carbocycles. The highest BCUT2D eigenvalue weighted by Crippen LogP contribution is 2.40. The van der Waals surface area contributed by atoms with E-state index in [4.69, 9.17) is 9.47 Å². The van der Waals surface area contributed by atoms with Crippen molar-refractivity contribution in [2.75, 3.05) is 50.1 Å². The molecular formula is C43H47N9O8. The summed E-state index contributed by atoms with van der Waals surface area (Å²) in [6.45, 7) is 8.51. The molecule has 9 rings (SSSR count). The van der Waals surface area contributed by atoms with E-state index in [0.717, 1.165) is 74.6 Å². The highest BCUT2D eigenvalue weighted by Gasteiger charge is 2.47. The van der Waals surface area contributed by atoms with Crippen LogP contribution in [0.3, 0.4) is 0 Å². The molecule has 1 atom stereocenters. The summed E-state index contributed by atoms with van der Waals surface area (Å²) in [5.41, 5.74) is 3.85. The molecule has 17 heteroatoms. The lowest BCUT2D eigenvalue weighted by molar-refractivity contribution is -0.136. The maximum absolute atomic E-state index is 13.9. The summed E-state index contributed by atoms with van der Waals surface area (Å²) in [4.78, 5) is 90.6. The van der Waals surface area contributed by atoms with E-state index in [1.54, 1.807) is 41.2 Å². The maximum Gasteiger partial charge on any atom is 0.266 e. The first-order valence-electron chi connectivity index (χ1n) is 20.6. The van der Waals surface area contributed by atoms with Crippen molar-refractivity contribution in [3.8, 4) is 11.5 Å². The van der Waals surface area contributed by atoms with Gasteiger partial charge in [0.05, 0.1) is 36.2 Å². The van der Waals surface area contributed by atoms with Gasteiger partial charge in [0, 0.05) is 81.4 Å². The number of rotatable bonds is 10. The average molecular weight is 818 g/mol. The van der Waals surface area contributed by atoms with Gasteiger partial charge in [0.1, 0.15) is 23.1 Å². The molecule has 6 amide bonds. The number of aromatic nitrogens is 3. The van der Waals surface area contributed by atoms with Gasteiger partial charge in [-0.3, -0.25) is 39.0 Å². The van der Waals surface area contributed by atoms with E-state index in [2.05, 4.69) is 30.5 Å². The van der Waals surface area contributed by atoms with Crippen LogP contribution in [0, 0.1) is 5.92 Å². The molecule has 0 radical (unpaired) electrons. The van der Waals surface area contributed by atoms with Crippen LogP contribution in [0.1, 0.15) is 99.4 Å². The van der Waals surface area contributed by atoms with Gasteiger partial charge in [0.2, 0.25) is 11.8 Å². The van der Waals surface area contributed by atoms with E-state index < -0.39 is 29.7 Å². The normalized spacial score (nSPS) is 20.3. The Labute approximate surface area is 346 Å². The standard InChI is InChI=1S/C43H47N9O8/c1-24(2)60-34-20-29-26(17-32(34)46-39(54)31-21-45-51-12-4-11-44-38(31)51)23-50(41(29)56)27-9-13-48(14-10-27)22-25-7-15-49(16-8-25)28-18-30-37(35(19-28)59-3)43(58)52(42(30)57)33-5-6-36(53)47-40(33)55/h4,11-12,17-21,24-25,27,33H,5-10,13-16,22-23H2,1-3H3,(H,46,54)(H,47,53,55). The predicted molar refractivity (Wildman–Crippen MR) is 217 cm³/mol. The zero-order valence-corrected chi connectivity index (χ0v) is 33.8. The van der Waals surface area contributed by atoms with E-state index in [9.17, 15) is 28.8 Å². The molecule has 3 fully saturated rings. The number of nitrogens with zero attached hydrogens (tertiary/aromatic N) is 7. The number of piperidine rings is 3. The third kappa shape index (κ3) is 7.09. The number of fused-ring (bicyclic) bond motifs is 3. The molecule has 7 heterocycles. The third-order valence-corrected chi connectivity index (χ3v) is 12.4. The fourth-order valence-corrected chi connectivity index (χ4v) is 9.33. The second kappa shape index (κ2) is 15.7. The number of likely N-dealkylation sites (tertiary alicyclic amines) is 1. The van der Waals surface area contributed by atoms with Crippen LogP contribution in [0.15, 0.2) is 48.9 Å². The molecule has 5 aliphatic heterocycles. The van der Waals surface area contributed by atoms with Crippen LogP contribution in [0.4, 0.5) is 11.4 Å². The number of hydrogen-bond acceptors (Lipinski definition) is 12. The number of anilines is 2. The number of hydrogen-bond donors (Lipinski definition) is 2. The van der Waals surface area contributed by atoms with Gasteiger partial charge in [0.25, 0.3) is 23.6 Å².